The predicted molar refractivity (Wildman–Crippen MR) is 195 cm³/mol. The summed E-state index contributed by atoms with van der Waals surface area (Å²) < 4.78 is 40.2. The van der Waals surface area contributed by atoms with Crippen LogP contribution >= 0.6 is 0 Å². The van der Waals surface area contributed by atoms with E-state index in [0.717, 1.165) is 12.1 Å². The van der Waals surface area contributed by atoms with Crippen LogP contribution in [-0.4, -0.2) is 98.8 Å². The number of phenols is 3. The summed E-state index contributed by atoms with van der Waals surface area (Å²) in [6, 6.07) is 18.8. The number of aliphatic hydroxyl groups is 4. The Morgan fingerprint density at radius 3 is 2.32 bits per heavy atom. The topological polar surface area (TPSA) is 244 Å². The zero-order valence-electron chi connectivity index (χ0n) is 29.4. The van der Waals surface area contributed by atoms with Gasteiger partial charge in [-0.25, -0.2) is 4.79 Å². The highest BCUT2D eigenvalue weighted by atomic mass is 16.7. The van der Waals surface area contributed by atoms with Crippen molar-refractivity contribution in [2.24, 2.45) is 0 Å². The Kier molecular flexibility index (Phi) is 10.7. The Hall–Kier alpha value is -6.30. The number of hydrogen-bond donors (Lipinski definition) is 7. The minimum atomic E-state index is -1.82. The highest BCUT2D eigenvalue weighted by molar-refractivity contribution is 5.87. The Bertz CT molecular complexity index is 2320. The number of phenolic OH excluding ortho intramolecular Hbond substituents is 3. The molecule has 1 saturated heterocycles. The lowest BCUT2D eigenvalue weighted by Crippen LogP contribution is -2.61. The molecule has 1 aromatic heterocycles. The van der Waals surface area contributed by atoms with Crippen LogP contribution in [0.15, 0.2) is 94.2 Å². The van der Waals surface area contributed by atoms with Gasteiger partial charge in [0.05, 0.1) is 20.3 Å². The Balaban J connectivity index is 1.09. The molecular formula is C40H36O16. The zero-order valence-corrected chi connectivity index (χ0v) is 29.4. The van der Waals surface area contributed by atoms with Gasteiger partial charge in [0, 0.05) is 35.4 Å². The average molecular weight is 773 g/mol. The van der Waals surface area contributed by atoms with Crippen LogP contribution in [0.4, 0.5) is 0 Å². The standard InChI is InChI=1S/C40H36O16/c1-50-29-13-21(5-9-24(29)44)38-32(17-41)53-30-12-20(6-10-27(30)54-38)28-16-26(46)35-25(45)14-23(15-31(35)52-28)51-40-37(49)36(48)39(33(18-42)55-40)56-34(47)11-4-19-2-7-22(43)8-3-19/h2-16,32-33,36-45,48-49H,17-18H2,1H3. The molecule has 7 unspecified atom stereocenters. The lowest BCUT2D eigenvalue weighted by Gasteiger charge is -2.41. The summed E-state index contributed by atoms with van der Waals surface area (Å²) in [5.41, 5.74) is 0.793. The summed E-state index contributed by atoms with van der Waals surface area (Å²) in [7, 11) is 1.41. The molecule has 1 fully saturated rings. The normalized spacial score (nSPS) is 23.2. The highest BCUT2D eigenvalue weighted by Crippen LogP contribution is 2.43. The van der Waals surface area contributed by atoms with Crippen molar-refractivity contribution < 1.29 is 73.4 Å². The fourth-order valence-electron chi connectivity index (χ4n) is 6.38. The maximum absolute atomic E-state index is 13.2. The smallest absolute Gasteiger partial charge is 0.331 e. The van der Waals surface area contributed by atoms with Crippen LogP contribution in [0.3, 0.4) is 0 Å². The highest BCUT2D eigenvalue weighted by Gasteiger charge is 2.47. The number of fused-ring (bicyclic) bond motifs is 2. The van der Waals surface area contributed by atoms with Crippen molar-refractivity contribution in [2.45, 2.75) is 42.9 Å². The Morgan fingerprint density at radius 1 is 0.821 bits per heavy atom. The monoisotopic (exact) mass is 772 g/mol. The summed E-state index contributed by atoms with van der Waals surface area (Å²) in [6.07, 6.45) is -7.23. The molecule has 0 spiro atoms. The van der Waals surface area contributed by atoms with Crippen LogP contribution in [0.25, 0.3) is 28.4 Å². The van der Waals surface area contributed by atoms with Crippen LogP contribution in [0.5, 0.6) is 40.2 Å². The third kappa shape index (κ3) is 7.64. The van der Waals surface area contributed by atoms with Gasteiger partial charge in [0.2, 0.25) is 6.29 Å². The first kappa shape index (κ1) is 38.0. The largest absolute Gasteiger partial charge is 0.508 e. The molecule has 16 heteroatoms. The first-order valence-corrected chi connectivity index (χ1v) is 17.2. The molecule has 7 rings (SSSR count). The molecule has 2 aliphatic rings. The molecule has 7 atom stereocenters. The average Bonchev–Trinajstić information content (AvgIpc) is 3.19. The van der Waals surface area contributed by atoms with Crippen molar-refractivity contribution in [1.29, 1.82) is 0 Å². The fourth-order valence-corrected chi connectivity index (χ4v) is 6.38. The third-order valence-electron chi connectivity index (χ3n) is 9.22. The van der Waals surface area contributed by atoms with Crippen LogP contribution in [0.2, 0.25) is 0 Å². The molecule has 0 radical (unpaired) electrons. The van der Waals surface area contributed by atoms with Crippen molar-refractivity contribution in [3.8, 4) is 51.6 Å². The van der Waals surface area contributed by atoms with Crippen LogP contribution in [0.1, 0.15) is 17.2 Å². The molecule has 4 aromatic carbocycles. The van der Waals surface area contributed by atoms with Crippen molar-refractivity contribution in [1.82, 2.24) is 0 Å². The van der Waals surface area contributed by atoms with Crippen LogP contribution in [0, 0.1) is 0 Å². The second kappa shape index (κ2) is 15.8. The molecule has 16 nitrogen and oxygen atoms in total. The molecule has 0 bridgehead atoms. The van der Waals surface area contributed by atoms with Gasteiger partial charge in [-0.05, 0) is 54.1 Å². The van der Waals surface area contributed by atoms with E-state index in [0.29, 0.717) is 22.4 Å². The molecule has 292 valence electrons. The van der Waals surface area contributed by atoms with Crippen molar-refractivity contribution >= 4 is 23.0 Å². The maximum atomic E-state index is 13.2. The molecule has 3 heterocycles. The quantitative estimate of drug-likeness (QED) is 0.0797. The van der Waals surface area contributed by atoms with E-state index in [1.807, 2.05) is 0 Å². The molecule has 0 aliphatic carbocycles. The number of carbonyl (C=O) groups excluding carboxylic acids is 1. The first-order chi connectivity index (χ1) is 27.0. The van der Waals surface area contributed by atoms with Crippen LogP contribution < -0.4 is 24.4 Å². The van der Waals surface area contributed by atoms with Gasteiger partial charge in [-0.2, -0.15) is 0 Å². The van der Waals surface area contributed by atoms with Crippen molar-refractivity contribution in [3.63, 3.8) is 0 Å². The Labute approximate surface area is 317 Å². The third-order valence-corrected chi connectivity index (χ3v) is 9.22. The zero-order chi connectivity index (χ0) is 39.7. The van der Waals surface area contributed by atoms with E-state index in [9.17, 15) is 45.3 Å². The number of aliphatic hydroxyl groups excluding tert-OH is 4. The van der Waals surface area contributed by atoms with E-state index in [4.69, 9.17) is 32.8 Å². The van der Waals surface area contributed by atoms with Gasteiger partial charge in [-0.3, -0.25) is 4.79 Å². The number of carbonyl (C=O) groups is 1. The molecule has 0 amide bonds. The molecule has 2 aliphatic heterocycles. The molecule has 7 N–H and O–H groups in total. The summed E-state index contributed by atoms with van der Waals surface area (Å²) in [5, 5.41) is 72.0. The molecular weight excluding hydrogens is 736 g/mol. The van der Waals surface area contributed by atoms with E-state index in [1.165, 1.54) is 43.5 Å². The van der Waals surface area contributed by atoms with Gasteiger partial charge in [-0.1, -0.05) is 18.2 Å². The van der Waals surface area contributed by atoms with E-state index < -0.39 is 73.3 Å². The first-order valence-electron chi connectivity index (χ1n) is 17.2. The predicted octanol–water partition coefficient (Wildman–Crippen LogP) is 2.90. The van der Waals surface area contributed by atoms with E-state index in [2.05, 4.69) is 0 Å². The SMILES string of the molecule is COc1cc(C2Oc3ccc(-c4cc(=O)c5c(O)cc(OC6OC(CO)C(OC(=O)C=Cc7ccc(O)cc7)C(O)C6O)cc5o4)cc3OC2CO)ccc1O. The van der Waals surface area contributed by atoms with E-state index in [1.54, 1.807) is 42.5 Å². The van der Waals surface area contributed by atoms with Gasteiger partial charge in [-0.15, -0.1) is 0 Å². The summed E-state index contributed by atoms with van der Waals surface area (Å²) in [6.45, 7) is -1.17. The van der Waals surface area contributed by atoms with Crippen LogP contribution in [-0.2, 0) is 14.3 Å². The van der Waals surface area contributed by atoms with Gasteiger partial charge in [0.15, 0.2) is 46.7 Å². The summed E-state index contributed by atoms with van der Waals surface area (Å²) in [4.78, 5) is 25.8. The van der Waals surface area contributed by atoms with Gasteiger partial charge in [0.25, 0.3) is 0 Å². The lowest BCUT2D eigenvalue weighted by molar-refractivity contribution is -0.280. The lowest BCUT2D eigenvalue weighted by atomic mass is 9.99. The number of methoxy groups -OCH3 is 1. The number of aromatic hydroxyl groups is 3. The molecule has 56 heavy (non-hydrogen) atoms. The fraction of sp³-hybridized carbons (Fsp3) is 0.250. The van der Waals surface area contributed by atoms with Gasteiger partial charge in [0.1, 0.15) is 52.3 Å². The summed E-state index contributed by atoms with van der Waals surface area (Å²) in [5.74, 6) is -0.780. The number of ether oxygens (including phenoxy) is 6. The second-order valence-corrected chi connectivity index (χ2v) is 12.9. The van der Waals surface area contributed by atoms with Crippen molar-refractivity contribution in [3.05, 3.63) is 106 Å². The Morgan fingerprint density at radius 2 is 1.59 bits per heavy atom. The minimum absolute atomic E-state index is 0.0388. The number of hydrogen-bond acceptors (Lipinski definition) is 16. The summed E-state index contributed by atoms with van der Waals surface area (Å²) >= 11 is 0. The number of esters is 1. The van der Waals surface area contributed by atoms with Crippen molar-refractivity contribution in [2.75, 3.05) is 20.3 Å². The van der Waals surface area contributed by atoms with Gasteiger partial charge >= 0.3 is 5.97 Å². The van der Waals surface area contributed by atoms with E-state index in [-0.39, 0.29) is 45.5 Å². The second-order valence-electron chi connectivity index (χ2n) is 12.9. The van der Waals surface area contributed by atoms with Gasteiger partial charge < -0.3 is 68.6 Å². The minimum Gasteiger partial charge on any atom is -0.508 e. The molecule has 5 aromatic rings. The molecule has 0 saturated carbocycles. The number of benzene rings is 4. The van der Waals surface area contributed by atoms with E-state index >= 15 is 0 Å². The maximum Gasteiger partial charge on any atom is 0.331 e. The number of rotatable bonds is 10.